The highest BCUT2D eigenvalue weighted by molar-refractivity contribution is 9.10. The van der Waals surface area contributed by atoms with Gasteiger partial charge in [-0.05, 0) is 55.2 Å². The largest absolute Gasteiger partial charge is 0.464 e. The maximum Gasteiger partial charge on any atom is 0.134 e. The summed E-state index contributed by atoms with van der Waals surface area (Å²) in [7, 11) is 1.87. The molecule has 0 radical (unpaired) electrons. The highest BCUT2D eigenvalue weighted by Crippen LogP contribution is 2.33. The lowest BCUT2D eigenvalue weighted by molar-refractivity contribution is -0.0385. The Hall–Kier alpha value is -1.27. The van der Waals surface area contributed by atoms with Crippen molar-refractivity contribution in [2.24, 2.45) is 0 Å². The first kappa shape index (κ1) is 20.0. The Morgan fingerprint density at radius 2 is 1.86 bits per heavy atom. The van der Waals surface area contributed by atoms with Gasteiger partial charge in [-0.15, -0.1) is 11.8 Å². The van der Waals surface area contributed by atoms with Gasteiger partial charge in [0, 0.05) is 47.3 Å². The molecule has 2 heterocycles. The number of thioether (sulfide) groups is 1. The summed E-state index contributed by atoms with van der Waals surface area (Å²) in [5.74, 6) is 1.01. The molecular weight excluding hydrogens is 434 g/mol. The summed E-state index contributed by atoms with van der Waals surface area (Å²) >= 11 is 5.40. The molecule has 0 N–H and O–H groups in total. The van der Waals surface area contributed by atoms with Gasteiger partial charge in [-0.2, -0.15) is 0 Å². The Morgan fingerprint density at radius 3 is 2.61 bits per heavy atom. The summed E-state index contributed by atoms with van der Waals surface area (Å²) in [5.41, 5.74) is 2.28. The second kappa shape index (κ2) is 9.04. The summed E-state index contributed by atoms with van der Waals surface area (Å²) < 4.78 is 12.8. The molecule has 3 aromatic rings. The summed E-state index contributed by atoms with van der Waals surface area (Å²) in [6.45, 7) is 3.25. The highest BCUT2D eigenvalue weighted by atomic mass is 79.9. The molecule has 2 aromatic carbocycles. The summed E-state index contributed by atoms with van der Waals surface area (Å²) in [4.78, 5) is 3.86. The molecule has 28 heavy (non-hydrogen) atoms. The first-order valence-corrected chi connectivity index (χ1v) is 11.6. The van der Waals surface area contributed by atoms with Crippen LogP contribution in [0.25, 0.3) is 11.0 Å². The van der Waals surface area contributed by atoms with Gasteiger partial charge in [0.1, 0.15) is 5.58 Å². The van der Waals surface area contributed by atoms with Gasteiger partial charge in [0.15, 0.2) is 0 Å². The predicted molar refractivity (Wildman–Crippen MR) is 120 cm³/mol. The van der Waals surface area contributed by atoms with Crippen molar-refractivity contribution in [3.05, 3.63) is 64.8 Å². The average molecular weight is 460 g/mol. The van der Waals surface area contributed by atoms with E-state index >= 15 is 0 Å². The fourth-order valence-electron chi connectivity index (χ4n) is 3.84. The van der Waals surface area contributed by atoms with Gasteiger partial charge in [-0.25, -0.2) is 0 Å². The molecule has 4 rings (SSSR count). The summed E-state index contributed by atoms with van der Waals surface area (Å²) in [6, 6.07) is 16.8. The Bertz CT molecular complexity index is 900. The number of furan rings is 1. The molecule has 1 saturated heterocycles. The molecule has 0 atom stereocenters. The number of para-hydroxylation sites is 1. The lowest BCUT2D eigenvalue weighted by Crippen LogP contribution is -2.47. The van der Waals surface area contributed by atoms with E-state index in [1.807, 2.05) is 37.3 Å². The minimum atomic E-state index is -0.0173. The first-order chi connectivity index (χ1) is 13.7. The Morgan fingerprint density at radius 1 is 1.11 bits per heavy atom. The van der Waals surface area contributed by atoms with Crippen molar-refractivity contribution in [2.45, 2.75) is 29.8 Å². The van der Waals surface area contributed by atoms with E-state index in [1.165, 1.54) is 15.8 Å². The Labute approximate surface area is 179 Å². The molecule has 1 aliphatic rings. The van der Waals surface area contributed by atoms with Gasteiger partial charge in [0.05, 0.1) is 11.9 Å². The molecule has 3 nitrogen and oxygen atoms in total. The van der Waals surface area contributed by atoms with Crippen molar-refractivity contribution in [2.75, 3.05) is 32.5 Å². The molecule has 1 aliphatic heterocycles. The zero-order chi connectivity index (χ0) is 19.4. The molecule has 0 amide bonds. The van der Waals surface area contributed by atoms with Gasteiger partial charge < -0.3 is 14.1 Å². The number of hydrogen-bond donors (Lipinski definition) is 0. The zero-order valence-corrected chi connectivity index (χ0v) is 18.6. The fraction of sp³-hybridized carbons (Fsp3) is 0.391. The van der Waals surface area contributed by atoms with Crippen molar-refractivity contribution < 1.29 is 9.15 Å². The number of methoxy groups -OCH3 is 1. The Kier molecular flexibility index (Phi) is 6.46. The average Bonchev–Trinajstić information content (AvgIpc) is 3.16. The number of hydrogen-bond acceptors (Lipinski definition) is 4. The summed E-state index contributed by atoms with van der Waals surface area (Å²) in [6.07, 6.45) is 5.12. The van der Waals surface area contributed by atoms with E-state index in [4.69, 9.17) is 9.15 Å². The van der Waals surface area contributed by atoms with Crippen LogP contribution >= 0.6 is 27.7 Å². The van der Waals surface area contributed by atoms with Crippen LogP contribution in [0.15, 0.2) is 68.6 Å². The number of piperidine rings is 1. The normalized spacial score (nSPS) is 17.2. The number of ether oxygens (including phenoxy) is 1. The standard InChI is InChI=1S/C23H26BrNO2S/c1-26-23(17-28-20-8-6-19(24)7-9-20)11-14-25(15-12-23)13-10-18-16-27-22-5-3-2-4-21(18)22/h2-9,16H,10-15,17H2,1H3. The smallest absolute Gasteiger partial charge is 0.134 e. The van der Waals surface area contributed by atoms with Crippen LogP contribution in [0, 0.1) is 0 Å². The van der Waals surface area contributed by atoms with Gasteiger partial charge >= 0.3 is 0 Å². The minimum Gasteiger partial charge on any atom is -0.464 e. The molecule has 0 bridgehead atoms. The SMILES string of the molecule is COC1(CSc2ccc(Br)cc2)CCN(CCc2coc3ccccc23)CC1. The van der Waals surface area contributed by atoms with Gasteiger partial charge in [-0.3, -0.25) is 0 Å². The van der Waals surface area contributed by atoms with Crippen molar-refractivity contribution >= 4 is 38.7 Å². The van der Waals surface area contributed by atoms with E-state index in [2.05, 4.69) is 57.2 Å². The number of halogens is 1. The van der Waals surface area contributed by atoms with Crippen LogP contribution in [0.1, 0.15) is 18.4 Å². The van der Waals surface area contributed by atoms with Crippen molar-refractivity contribution in [3.8, 4) is 0 Å². The number of nitrogens with zero attached hydrogens (tertiary/aromatic N) is 1. The highest BCUT2D eigenvalue weighted by Gasteiger charge is 2.34. The minimum absolute atomic E-state index is 0.0173. The van der Waals surface area contributed by atoms with Crippen molar-refractivity contribution in [3.63, 3.8) is 0 Å². The molecule has 0 spiro atoms. The van der Waals surface area contributed by atoms with Crippen LogP contribution in [0.2, 0.25) is 0 Å². The van der Waals surface area contributed by atoms with E-state index in [-0.39, 0.29) is 5.60 Å². The molecule has 0 unspecified atom stereocenters. The molecular formula is C23H26BrNO2S. The lowest BCUT2D eigenvalue weighted by Gasteiger charge is -2.40. The van der Waals surface area contributed by atoms with E-state index in [1.54, 1.807) is 0 Å². The van der Waals surface area contributed by atoms with Crippen LogP contribution in [0.4, 0.5) is 0 Å². The second-order valence-electron chi connectivity index (χ2n) is 7.48. The Balaban J connectivity index is 1.29. The molecule has 5 heteroatoms. The van der Waals surface area contributed by atoms with Gasteiger partial charge in [0.25, 0.3) is 0 Å². The van der Waals surface area contributed by atoms with E-state index < -0.39 is 0 Å². The molecule has 148 valence electrons. The molecule has 0 aliphatic carbocycles. The number of likely N-dealkylation sites (tertiary alicyclic amines) is 1. The van der Waals surface area contributed by atoms with Crippen LogP contribution in [-0.4, -0.2) is 43.0 Å². The fourth-order valence-corrected chi connectivity index (χ4v) is 5.27. The van der Waals surface area contributed by atoms with Crippen LogP contribution in [-0.2, 0) is 11.2 Å². The van der Waals surface area contributed by atoms with E-state index in [9.17, 15) is 0 Å². The second-order valence-corrected chi connectivity index (χ2v) is 9.44. The number of rotatable bonds is 7. The molecule has 1 fully saturated rings. The van der Waals surface area contributed by atoms with Crippen molar-refractivity contribution in [1.82, 2.24) is 4.90 Å². The summed E-state index contributed by atoms with van der Waals surface area (Å²) in [5, 5.41) is 1.25. The number of benzene rings is 2. The monoisotopic (exact) mass is 459 g/mol. The third kappa shape index (κ3) is 4.65. The third-order valence-electron chi connectivity index (χ3n) is 5.77. The van der Waals surface area contributed by atoms with E-state index in [0.717, 1.165) is 54.7 Å². The topological polar surface area (TPSA) is 25.6 Å². The third-order valence-corrected chi connectivity index (χ3v) is 7.58. The first-order valence-electron chi connectivity index (χ1n) is 9.78. The predicted octanol–water partition coefficient (Wildman–Crippen LogP) is 6.01. The van der Waals surface area contributed by atoms with Gasteiger partial charge in [-0.1, -0.05) is 34.1 Å². The maximum absolute atomic E-state index is 6.01. The number of fused-ring (bicyclic) bond motifs is 1. The van der Waals surface area contributed by atoms with Crippen molar-refractivity contribution in [1.29, 1.82) is 0 Å². The maximum atomic E-state index is 6.01. The molecule has 1 aromatic heterocycles. The zero-order valence-electron chi connectivity index (χ0n) is 16.2. The molecule has 0 saturated carbocycles. The van der Waals surface area contributed by atoms with Crippen LogP contribution in [0.5, 0.6) is 0 Å². The quantitative estimate of drug-likeness (QED) is 0.403. The van der Waals surface area contributed by atoms with E-state index in [0.29, 0.717) is 0 Å². The van der Waals surface area contributed by atoms with Crippen LogP contribution in [0.3, 0.4) is 0 Å². The lowest BCUT2D eigenvalue weighted by atomic mass is 9.93. The van der Waals surface area contributed by atoms with Gasteiger partial charge in [0.2, 0.25) is 0 Å². The van der Waals surface area contributed by atoms with Crippen LogP contribution < -0.4 is 0 Å².